The Labute approximate surface area is 235 Å². The Balaban J connectivity index is 1.42. The average Bonchev–Trinajstić information content (AvgIpc) is 3.44. The molecule has 15 heteroatoms. The minimum Gasteiger partial charge on any atom is -0.420 e. The van der Waals surface area contributed by atoms with E-state index >= 15 is 4.39 Å². The number of carbonyl (C=O) groups is 1. The smallest absolute Gasteiger partial charge is 0.250 e. The van der Waals surface area contributed by atoms with Crippen LogP contribution in [0.4, 0.5) is 10.1 Å². The number of sulfone groups is 1. The Bertz CT molecular complexity index is 1750. The van der Waals surface area contributed by atoms with Crippen molar-refractivity contribution in [3.63, 3.8) is 0 Å². The lowest BCUT2D eigenvalue weighted by Gasteiger charge is -2.28. The Morgan fingerprint density at radius 1 is 1.23 bits per heavy atom. The molecule has 2 aliphatic heterocycles. The van der Waals surface area contributed by atoms with Gasteiger partial charge in [-0.2, -0.15) is 0 Å². The number of aromatic nitrogens is 2. The molecule has 6 rings (SSSR count). The molecule has 3 aliphatic rings. The molecule has 3 aromatic rings. The molecule has 40 heavy (non-hydrogen) atoms. The van der Waals surface area contributed by atoms with Gasteiger partial charge in [-0.25, -0.2) is 25.5 Å². The first-order chi connectivity index (χ1) is 18.8. The summed E-state index contributed by atoms with van der Waals surface area (Å²) >= 11 is 5.98. The fourth-order valence-electron chi connectivity index (χ4n) is 5.61. The summed E-state index contributed by atoms with van der Waals surface area (Å²) in [6.07, 6.45) is 2.44. The van der Waals surface area contributed by atoms with Crippen LogP contribution >= 0.6 is 11.6 Å². The van der Waals surface area contributed by atoms with Gasteiger partial charge in [0.15, 0.2) is 9.84 Å². The molecule has 0 bridgehead atoms. The number of rotatable bonds is 5. The second-order valence-corrected chi connectivity index (χ2v) is 15.0. The Morgan fingerprint density at radius 3 is 2.65 bits per heavy atom. The summed E-state index contributed by atoms with van der Waals surface area (Å²) in [4.78, 5) is 14.1. The standard InChI is InChI=1S/C25H25ClFN5O6S2/c1-39(34,35)31-7-6-15-10-25(15,13-31)24-30-29-22(38-24)17-8-20-21(9-18(17)27)40(36,37)12-19(28)23(33)32(20)11-14-2-4-16(26)5-3-14/h2-5,8-9,15,19H,6-7,10-13,28H2,1H3/t15?,19-,25?/m0/s1. The van der Waals surface area contributed by atoms with E-state index in [-0.39, 0.29) is 46.9 Å². The molecule has 2 N–H and O–H groups in total. The highest BCUT2D eigenvalue weighted by Gasteiger charge is 2.62. The van der Waals surface area contributed by atoms with Crippen LogP contribution in [0.5, 0.6) is 0 Å². The molecule has 2 aromatic carbocycles. The van der Waals surface area contributed by atoms with E-state index in [2.05, 4.69) is 10.2 Å². The van der Waals surface area contributed by atoms with E-state index in [0.29, 0.717) is 30.0 Å². The number of halogens is 2. The third kappa shape index (κ3) is 4.61. The van der Waals surface area contributed by atoms with Gasteiger partial charge in [0.25, 0.3) is 5.89 Å². The van der Waals surface area contributed by atoms with E-state index in [0.717, 1.165) is 12.3 Å². The number of benzene rings is 2. The van der Waals surface area contributed by atoms with Crippen molar-refractivity contribution in [2.24, 2.45) is 11.7 Å². The number of nitrogens with zero attached hydrogens (tertiary/aromatic N) is 4. The van der Waals surface area contributed by atoms with Crippen LogP contribution in [0.25, 0.3) is 11.5 Å². The van der Waals surface area contributed by atoms with Crippen LogP contribution in [-0.4, -0.2) is 68.4 Å². The summed E-state index contributed by atoms with van der Waals surface area (Å²) < 4.78 is 73.3. The molecule has 1 aliphatic carbocycles. The normalized spacial score (nSPS) is 26.2. The number of hydrogen-bond donors (Lipinski definition) is 1. The first-order valence-corrected chi connectivity index (χ1v) is 16.3. The van der Waals surface area contributed by atoms with Crippen molar-refractivity contribution in [1.82, 2.24) is 14.5 Å². The van der Waals surface area contributed by atoms with Crippen LogP contribution < -0.4 is 10.6 Å². The lowest BCUT2D eigenvalue weighted by molar-refractivity contribution is -0.119. The third-order valence-electron chi connectivity index (χ3n) is 7.88. The van der Waals surface area contributed by atoms with Crippen molar-refractivity contribution in [2.45, 2.75) is 35.7 Å². The maximum atomic E-state index is 15.5. The average molecular weight is 610 g/mol. The van der Waals surface area contributed by atoms with Gasteiger partial charge in [-0.15, -0.1) is 10.2 Å². The zero-order valence-electron chi connectivity index (χ0n) is 21.2. The van der Waals surface area contributed by atoms with Crippen LogP contribution in [-0.2, 0) is 36.6 Å². The van der Waals surface area contributed by atoms with E-state index < -0.39 is 48.8 Å². The molecule has 212 valence electrons. The van der Waals surface area contributed by atoms with Gasteiger partial charge in [0.1, 0.15) is 5.82 Å². The Morgan fingerprint density at radius 2 is 1.95 bits per heavy atom. The Hall–Kier alpha value is -2.91. The summed E-state index contributed by atoms with van der Waals surface area (Å²) in [6, 6.07) is 7.32. The highest BCUT2D eigenvalue weighted by Crippen LogP contribution is 2.58. The Kier molecular flexibility index (Phi) is 6.35. The number of nitrogens with two attached hydrogens (primary N) is 1. The van der Waals surface area contributed by atoms with Crippen molar-refractivity contribution in [2.75, 3.05) is 30.0 Å². The third-order valence-corrected chi connectivity index (χ3v) is 11.2. The van der Waals surface area contributed by atoms with Crippen molar-refractivity contribution in [1.29, 1.82) is 0 Å². The van der Waals surface area contributed by atoms with Gasteiger partial charge < -0.3 is 15.1 Å². The lowest BCUT2D eigenvalue weighted by Crippen LogP contribution is -2.45. The quantitative estimate of drug-likeness (QED) is 0.457. The van der Waals surface area contributed by atoms with Gasteiger partial charge in [0, 0.05) is 18.1 Å². The summed E-state index contributed by atoms with van der Waals surface area (Å²) in [5.41, 5.74) is 5.70. The van der Waals surface area contributed by atoms with Crippen LogP contribution in [0.1, 0.15) is 24.3 Å². The van der Waals surface area contributed by atoms with Gasteiger partial charge in [0.05, 0.1) is 46.2 Å². The number of hydrogen-bond acceptors (Lipinski definition) is 9. The van der Waals surface area contributed by atoms with E-state index in [9.17, 15) is 21.6 Å². The molecule has 3 atom stereocenters. The molecular weight excluding hydrogens is 585 g/mol. The predicted molar refractivity (Wildman–Crippen MR) is 143 cm³/mol. The molecule has 2 unspecified atom stereocenters. The van der Waals surface area contributed by atoms with Gasteiger partial charge in [0.2, 0.25) is 21.8 Å². The van der Waals surface area contributed by atoms with E-state index in [1.165, 1.54) is 15.3 Å². The molecule has 0 spiro atoms. The number of carbonyl (C=O) groups excluding carboxylic acids is 1. The SMILES string of the molecule is CS(=O)(=O)N1CCC2CC2(c2nnc(-c3cc4c(cc3F)S(=O)(=O)C[C@H](N)C(=O)N4Cc3ccc(Cl)cc3)o2)C1. The summed E-state index contributed by atoms with van der Waals surface area (Å²) in [6.45, 7) is 0.544. The van der Waals surface area contributed by atoms with Crippen molar-refractivity contribution in [3.05, 3.63) is 58.7 Å². The molecular formula is C25H25ClFN5O6S2. The van der Waals surface area contributed by atoms with Gasteiger partial charge in [-0.3, -0.25) is 4.79 Å². The molecule has 1 amide bonds. The largest absolute Gasteiger partial charge is 0.420 e. The molecule has 1 saturated heterocycles. The van der Waals surface area contributed by atoms with Crippen LogP contribution in [0.3, 0.4) is 0 Å². The number of amides is 1. The van der Waals surface area contributed by atoms with E-state index in [4.69, 9.17) is 21.8 Å². The van der Waals surface area contributed by atoms with Gasteiger partial charge >= 0.3 is 0 Å². The van der Waals surface area contributed by atoms with Gasteiger partial charge in [-0.05, 0) is 48.6 Å². The summed E-state index contributed by atoms with van der Waals surface area (Å²) in [5.74, 6) is -2.12. The number of fused-ring (bicyclic) bond motifs is 2. The maximum Gasteiger partial charge on any atom is 0.250 e. The van der Waals surface area contributed by atoms with Crippen LogP contribution in [0, 0.1) is 11.7 Å². The fraction of sp³-hybridized carbons (Fsp3) is 0.400. The minimum atomic E-state index is -4.13. The summed E-state index contributed by atoms with van der Waals surface area (Å²) in [7, 11) is -7.55. The molecule has 1 saturated carbocycles. The summed E-state index contributed by atoms with van der Waals surface area (Å²) in [5, 5.41) is 8.64. The van der Waals surface area contributed by atoms with Crippen LogP contribution in [0.15, 0.2) is 45.7 Å². The highest BCUT2D eigenvalue weighted by molar-refractivity contribution is 7.91. The maximum absolute atomic E-state index is 15.5. The molecule has 2 fully saturated rings. The molecule has 0 radical (unpaired) electrons. The topological polar surface area (TPSA) is 157 Å². The predicted octanol–water partition coefficient (Wildman–Crippen LogP) is 2.10. The molecule has 1 aromatic heterocycles. The highest BCUT2D eigenvalue weighted by atomic mass is 35.5. The fourth-order valence-corrected chi connectivity index (χ4v) is 8.21. The zero-order chi connectivity index (χ0) is 28.6. The molecule has 11 nitrogen and oxygen atoms in total. The second kappa shape index (κ2) is 9.31. The van der Waals surface area contributed by atoms with E-state index in [1.54, 1.807) is 24.3 Å². The monoisotopic (exact) mass is 609 g/mol. The van der Waals surface area contributed by atoms with E-state index in [1.807, 2.05) is 0 Å². The zero-order valence-corrected chi connectivity index (χ0v) is 23.6. The van der Waals surface area contributed by atoms with Crippen molar-refractivity contribution < 1.29 is 30.4 Å². The number of sulfonamides is 1. The van der Waals surface area contributed by atoms with Crippen LogP contribution in [0.2, 0.25) is 5.02 Å². The van der Waals surface area contributed by atoms with Gasteiger partial charge in [-0.1, -0.05) is 23.7 Å². The first-order valence-electron chi connectivity index (χ1n) is 12.5. The number of piperidine rings is 1. The first kappa shape index (κ1) is 27.3. The van der Waals surface area contributed by atoms with Crippen molar-refractivity contribution in [3.8, 4) is 11.5 Å². The minimum absolute atomic E-state index is 0.0432. The van der Waals surface area contributed by atoms with Crippen molar-refractivity contribution >= 4 is 43.1 Å². The number of anilines is 1. The second-order valence-electron chi connectivity index (χ2n) is 10.6. The molecule has 3 heterocycles. The lowest BCUT2D eigenvalue weighted by atomic mass is 9.99.